The van der Waals surface area contributed by atoms with E-state index in [1.165, 1.54) is 27.5 Å². The van der Waals surface area contributed by atoms with Crippen molar-refractivity contribution in [3.05, 3.63) is 20.2 Å². The van der Waals surface area contributed by atoms with Gasteiger partial charge in [0.15, 0.2) is 0 Å². The van der Waals surface area contributed by atoms with Gasteiger partial charge in [0.05, 0.1) is 0 Å². The number of thiazole rings is 1. The molecule has 1 aliphatic heterocycles. The highest BCUT2D eigenvalue weighted by Gasteiger charge is 2.52. The smallest absolute Gasteiger partial charge is 0.323 e. The first-order valence-corrected chi connectivity index (χ1v) is 9.78. The molecule has 130 valence electrons. The fraction of sp³-hybridized carbons (Fsp3) is 0.706. The van der Waals surface area contributed by atoms with E-state index in [2.05, 4.69) is 5.32 Å². The van der Waals surface area contributed by atoms with Gasteiger partial charge in [-0.15, -0.1) is 0 Å². The van der Waals surface area contributed by atoms with Crippen LogP contribution in [0.1, 0.15) is 55.5 Å². The zero-order valence-electron chi connectivity index (χ0n) is 13.8. The molecular formula is C17H23N3O3S. The van der Waals surface area contributed by atoms with Gasteiger partial charge in [0.25, 0.3) is 5.91 Å². The summed E-state index contributed by atoms with van der Waals surface area (Å²) in [5, 5.41) is 2.90. The molecule has 3 aliphatic rings. The molecule has 0 atom stereocenters. The van der Waals surface area contributed by atoms with Gasteiger partial charge in [-0.25, -0.2) is 4.79 Å². The third kappa shape index (κ3) is 2.49. The molecule has 1 spiro atoms. The van der Waals surface area contributed by atoms with Crippen LogP contribution in [0.5, 0.6) is 0 Å². The molecular weight excluding hydrogens is 326 g/mol. The van der Waals surface area contributed by atoms with Crippen molar-refractivity contribution in [3.63, 3.8) is 0 Å². The fourth-order valence-corrected chi connectivity index (χ4v) is 5.43. The molecule has 0 radical (unpaired) electrons. The molecule has 1 N–H and O–H groups in total. The average molecular weight is 349 g/mol. The molecule has 0 bridgehead atoms. The van der Waals surface area contributed by atoms with Crippen molar-refractivity contribution in [1.82, 2.24) is 14.8 Å². The number of nitrogens with zero attached hydrogens (tertiary/aromatic N) is 2. The van der Waals surface area contributed by atoms with Gasteiger partial charge in [-0.05, 0) is 38.5 Å². The van der Waals surface area contributed by atoms with Crippen LogP contribution in [0.4, 0.5) is 4.79 Å². The highest BCUT2D eigenvalue weighted by Crippen LogP contribution is 2.35. The van der Waals surface area contributed by atoms with Gasteiger partial charge in [0.2, 0.25) is 0 Å². The van der Waals surface area contributed by atoms with Gasteiger partial charge in [0, 0.05) is 23.7 Å². The Hall–Kier alpha value is -1.63. The van der Waals surface area contributed by atoms with E-state index in [0.717, 1.165) is 57.1 Å². The van der Waals surface area contributed by atoms with Crippen LogP contribution in [0.15, 0.2) is 4.79 Å². The molecule has 1 saturated carbocycles. The number of hydrogen-bond donors (Lipinski definition) is 1. The lowest BCUT2D eigenvalue weighted by Gasteiger charge is -2.20. The van der Waals surface area contributed by atoms with Crippen molar-refractivity contribution in [3.8, 4) is 0 Å². The van der Waals surface area contributed by atoms with Crippen LogP contribution in [0, 0.1) is 0 Å². The van der Waals surface area contributed by atoms with Crippen LogP contribution < -0.4 is 10.2 Å². The Bertz CT molecular complexity index is 730. The Labute approximate surface area is 144 Å². The van der Waals surface area contributed by atoms with Gasteiger partial charge < -0.3 is 9.88 Å². The topological polar surface area (TPSA) is 71.4 Å². The summed E-state index contributed by atoms with van der Waals surface area (Å²) in [6.07, 6.45) is 8.80. The number of hydrogen-bond acceptors (Lipinski definition) is 4. The number of carbonyl (C=O) groups is 2. The number of aryl methyl sites for hydroxylation is 1. The highest BCUT2D eigenvalue weighted by atomic mass is 32.1. The van der Waals surface area contributed by atoms with Crippen LogP contribution in [0.3, 0.4) is 0 Å². The third-order valence-electron chi connectivity index (χ3n) is 5.65. The number of fused-ring (bicyclic) bond motifs is 1. The molecule has 3 amide bonds. The first kappa shape index (κ1) is 15.9. The number of urea groups is 1. The van der Waals surface area contributed by atoms with E-state index in [1.807, 2.05) is 0 Å². The minimum Gasteiger partial charge on any atom is -0.323 e. The van der Waals surface area contributed by atoms with Gasteiger partial charge >= 0.3 is 10.9 Å². The average Bonchev–Trinajstić information content (AvgIpc) is 3.14. The molecule has 7 heteroatoms. The summed E-state index contributed by atoms with van der Waals surface area (Å²) in [6, 6.07) is -0.295. The molecule has 1 saturated heterocycles. The van der Waals surface area contributed by atoms with Gasteiger partial charge in [0.1, 0.15) is 5.54 Å². The molecule has 4 rings (SSSR count). The molecule has 0 aromatic carbocycles. The number of imide groups is 1. The summed E-state index contributed by atoms with van der Waals surface area (Å²) >= 11 is 1.34. The second-order valence-corrected chi connectivity index (χ2v) is 8.17. The molecule has 6 nitrogen and oxygen atoms in total. The fourth-order valence-electron chi connectivity index (χ4n) is 4.33. The predicted octanol–water partition coefficient (Wildman–Crippen LogP) is 2.04. The zero-order chi connectivity index (χ0) is 16.7. The highest BCUT2D eigenvalue weighted by molar-refractivity contribution is 7.09. The summed E-state index contributed by atoms with van der Waals surface area (Å²) in [4.78, 5) is 39.8. The zero-order valence-corrected chi connectivity index (χ0v) is 14.6. The molecule has 0 unspecified atom stereocenters. The Morgan fingerprint density at radius 1 is 0.958 bits per heavy atom. The molecule has 2 fully saturated rings. The standard InChI is InChI=1S/C17H23N3O3S/c21-14-17(8-4-5-9-17)18-15(22)20(14)11-10-19-12-6-2-1-3-7-13(12)24-16(19)23/h1-11H2,(H,18,22). The van der Waals surface area contributed by atoms with E-state index in [4.69, 9.17) is 0 Å². The minimum absolute atomic E-state index is 0.0459. The van der Waals surface area contributed by atoms with E-state index in [-0.39, 0.29) is 23.4 Å². The quantitative estimate of drug-likeness (QED) is 0.670. The van der Waals surface area contributed by atoms with Crippen LogP contribution in [0.25, 0.3) is 0 Å². The second kappa shape index (κ2) is 6.02. The van der Waals surface area contributed by atoms with E-state index < -0.39 is 5.54 Å². The number of amides is 3. The molecule has 1 aromatic heterocycles. The second-order valence-electron chi connectivity index (χ2n) is 7.13. The van der Waals surface area contributed by atoms with Gasteiger partial charge in [-0.1, -0.05) is 30.6 Å². The van der Waals surface area contributed by atoms with Crippen molar-refractivity contribution in [2.24, 2.45) is 0 Å². The van der Waals surface area contributed by atoms with E-state index in [1.54, 1.807) is 4.57 Å². The van der Waals surface area contributed by atoms with Crippen molar-refractivity contribution >= 4 is 23.3 Å². The minimum atomic E-state index is -0.659. The maximum atomic E-state index is 12.7. The van der Waals surface area contributed by atoms with Crippen LogP contribution in [-0.2, 0) is 24.2 Å². The van der Waals surface area contributed by atoms with E-state index in [0.29, 0.717) is 6.54 Å². The largest absolute Gasteiger partial charge is 0.325 e. The SMILES string of the molecule is O=C1NC2(CCCC2)C(=O)N1CCn1c2c(sc1=O)CCCCC2. The maximum Gasteiger partial charge on any atom is 0.325 e. The monoisotopic (exact) mass is 349 g/mol. The lowest BCUT2D eigenvalue weighted by molar-refractivity contribution is -0.131. The summed E-state index contributed by atoms with van der Waals surface area (Å²) in [5.41, 5.74) is 0.471. The van der Waals surface area contributed by atoms with Crippen molar-refractivity contribution in [2.45, 2.75) is 69.9 Å². The number of carbonyl (C=O) groups excluding carboxylic acids is 2. The number of nitrogens with one attached hydrogen (secondary N) is 1. The van der Waals surface area contributed by atoms with Crippen molar-refractivity contribution in [2.75, 3.05) is 6.54 Å². The molecule has 24 heavy (non-hydrogen) atoms. The summed E-state index contributed by atoms with van der Waals surface area (Å²) < 4.78 is 1.80. The summed E-state index contributed by atoms with van der Waals surface area (Å²) in [6.45, 7) is 0.704. The van der Waals surface area contributed by atoms with Crippen molar-refractivity contribution in [1.29, 1.82) is 0 Å². The van der Waals surface area contributed by atoms with Gasteiger partial charge in [-0.2, -0.15) is 0 Å². The summed E-state index contributed by atoms with van der Waals surface area (Å²) in [5.74, 6) is -0.0978. The first-order chi connectivity index (χ1) is 11.6. The Morgan fingerprint density at radius 2 is 1.71 bits per heavy atom. The van der Waals surface area contributed by atoms with Crippen LogP contribution >= 0.6 is 11.3 Å². The van der Waals surface area contributed by atoms with Crippen molar-refractivity contribution < 1.29 is 9.59 Å². The molecule has 1 aromatic rings. The third-order valence-corrected chi connectivity index (χ3v) is 6.73. The number of rotatable bonds is 3. The Morgan fingerprint density at radius 3 is 2.50 bits per heavy atom. The first-order valence-electron chi connectivity index (χ1n) is 8.96. The van der Waals surface area contributed by atoms with E-state index in [9.17, 15) is 14.4 Å². The van der Waals surface area contributed by atoms with E-state index >= 15 is 0 Å². The lowest BCUT2D eigenvalue weighted by Crippen LogP contribution is -2.44. The molecule has 2 heterocycles. The Kier molecular flexibility index (Phi) is 3.98. The van der Waals surface area contributed by atoms with Crippen LogP contribution in [0.2, 0.25) is 0 Å². The predicted molar refractivity (Wildman–Crippen MR) is 91.3 cm³/mol. The molecule has 2 aliphatic carbocycles. The van der Waals surface area contributed by atoms with Crippen LogP contribution in [-0.4, -0.2) is 33.5 Å². The normalized spacial score (nSPS) is 22.8. The summed E-state index contributed by atoms with van der Waals surface area (Å²) in [7, 11) is 0. The lowest BCUT2D eigenvalue weighted by atomic mass is 9.98. The maximum absolute atomic E-state index is 12.7. The van der Waals surface area contributed by atoms with Gasteiger partial charge in [-0.3, -0.25) is 14.5 Å². The Balaban J connectivity index is 1.51. The number of aromatic nitrogens is 1.